The van der Waals surface area contributed by atoms with Gasteiger partial charge in [0.2, 0.25) is 4.77 Å². The molecule has 0 unspecified atom stereocenters. The lowest BCUT2D eigenvalue weighted by molar-refractivity contribution is 0.780. The van der Waals surface area contributed by atoms with Crippen LogP contribution in [0.15, 0.2) is 35.4 Å². The Morgan fingerprint density at radius 1 is 1.29 bits per heavy atom. The van der Waals surface area contributed by atoms with Crippen molar-refractivity contribution in [2.24, 2.45) is 5.10 Å². The molecule has 124 valence electrons. The van der Waals surface area contributed by atoms with Crippen LogP contribution in [-0.2, 0) is 6.42 Å². The smallest absolute Gasteiger partial charge is 0.216 e. The van der Waals surface area contributed by atoms with E-state index < -0.39 is 0 Å². The second-order valence-electron chi connectivity index (χ2n) is 5.49. The molecule has 3 aromatic rings. The number of nitrogens with one attached hydrogen (secondary N) is 1. The Morgan fingerprint density at radius 2 is 2.00 bits per heavy atom. The summed E-state index contributed by atoms with van der Waals surface area (Å²) in [4.78, 5) is 0. The van der Waals surface area contributed by atoms with Crippen LogP contribution in [0.5, 0.6) is 0 Å². The molecule has 0 aliphatic carbocycles. The van der Waals surface area contributed by atoms with Crippen molar-refractivity contribution in [3.05, 3.63) is 61.4 Å². The Bertz CT molecular complexity index is 947. The average molecular weight is 451 g/mol. The summed E-state index contributed by atoms with van der Waals surface area (Å²) in [6, 6.07) is 10.6. The fourth-order valence-electron chi connectivity index (χ4n) is 2.70. The van der Waals surface area contributed by atoms with Crippen molar-refractivity contribution in [1.82, 2.24) is 19.4 Å². The van der Waals surface area contributed by atoms with Crippen molar-refractivity contribution in [1.29, 1.82) is 0 Å². The minimum atomic E-state index is 0.509. The standard InChI is InChI=1S/C17H18IN5S/c1-4-16-20-21-17(24)23(16)19-10-13-9-11(2)22(12(13)3)15-7-5-14(18)6-8-15/h5-10H,4H2,1-3H3,(H,21,24)/b19-10+. The summed E-state index contributed by atoms with van der Waals surface area (Å²) < 4.78 is 5.63. The third kappa shape index (κ3) is 3.23. The van der Waals surface area contributed by atoms with E-state index in [9.17, 15) is 0 Å². The van der Waals surface area contributed by atoms with Gasteiger partial charge in [0.1, 0.15) is 0 Å². The van der Waals surface area contributed by atoms with E-state index in [4.69, 9.17) is 12.2 Å². The number of aryl methyl sites for hydroxylation is 2. The Labute approximate surface area is 159 Å². The molecular weight excluding hydrogens is 433 g/mol. The fourth-order valence-corrected chi connectivity index (χ4v) is 3.26. The molecule has 0 aliphatic heterocycles. The maximum absolute atomic E-state index is 5.23. The number of nitrogens with zero attached hydrogens (tertiary/aromatic N) is 4. The van der Waals surface area contributed by atoms with E-state index in [-0.39, 0.29) is 0 Å². The van der Waals surface area contributed by atoms with Crippen LogP contribution in [0, 0.1) is 22.2 Å². The number of benzene rings is 1. The first-order valence-electron chi connectivity index (χ1n) is 7.66. The maximum Gasteiger partial charge on any atom is 0.216 e. The van der Waals surface area contributed by atoms with E-state index in [2.05, 4.69) is 86.6 Å². The molecular formula is C17H18IN5S. The predicted octanol–water partition coefficient (Wildman–Crippen LogP) is 4.40. The molecule has 0 saturated carbocycles. The van der Waals surface area contributed by atoms with Crippen LogP contribution >= 0.6 is 34.8 Å². The van der Waals surface area contributed by atoms with Gasteiger partial charge < -0.3 is 4.57 Å². The molecule has 0 fully saturated rings. The van der Waals surface area contributed by atoms with Crippen LogP contribution in [-0.4, -0.2) is 25.7 Å². The van der Waals surface area contributed by atoms with E-state index in [1.54, 1.807) is 4.68 Å². The quantitative estimate of drug-likeness (QED) is 0.363. The highest BCUT2D eigenvalue weighted by molar-refractivity contribution is 14.1. The Kier molecular flexibility index (Phi) is 5.00. The number of hydrogen-bond donors (Lipinski definition) is 1. The zero-order chi connectivity index (χ0) is 17.3. The van der Waals surface area contributed by atoms with Crippen molar-refractivity contribution in [2.45, 2.75) is 27.2 Å². The van der Waals surface area contributed by atoms with Crippen LogP contribution in [0.1, 0.15) is 29.7 Å². The molecule has 1 aromatic carbocycles. The molecule has 1 N–H and O–H groups in total. The SMILES string of the molecule is CCc1n[nH]c(=S)n1/N=C/c1cc(C)n(-c2ccc(I)cc2)c1C. The van der Waals surface area contributed by atoms with Gasteiger partial charge >= 0.3 is 0 Å². The second-order valence-corrected chi connectivity index (χ2v) is 7.13. The molecule has 5 nitrogen and oxygen atoms in total. The van der Waals surface area contributed by atoms with E-state index in [0.29, 0.717) is 4.77 Å². The van der Waals surface area contributed by atoms with Crippen LogP contribution < -0.4 is 0 Å². The van der Waals surface area contributed by atoms with Gasteiger partial charge in [0, 0.05) is 32.6 Å². The highest BCUT2D eigenvalue weighted by Crippen LogP contribution is 2.20. The zero-order valence-corrected chi connectivity index (χ0v) is 16.7. The highest BCUT2D eigenvalue weighted by atomic mass is 127. The first kappa shape index (κ1) is 17.1. The zero-order valence-electron chi connectivity index (χ0n) is 13.7. The second kappa shape index (κ2) is 7.02. The van der Waals surface area contributed by atoms with Gasteiger partial charge in [-0.25, -0.2) is 0 Å². The molecule has 0 radical (unpaired) electrons. The van der Waals surface area contributed by atoms with Crippen LogP contribution in [0.3, 0.4) is 0 Å². The summed E-state index contributed by atoms with van der Waals surface area (Å²) >= 11 is 7.55. The largest absolute Gasteiger partial charge is 0.318 e. The molecule has 0 bridgehead atoms. The van der Waals surface area contributed by atoms with Gasteiger partial charge in [-0.15, -0.1) is 0 Å². The molecule has 0 aliphatic rings. The summed E-state index contributed by atoms with van der Waals surface area (Å²) in [6.07, 6.45) is 2.61. The lowest BCUT2D eigenvalue weighted by Gasteiger charge is -2.09. The lowest BCUT2D eigenvalue weighted by atomic mass is 10.2. The molecule has 24 heavy (non-hydrogen) atoms. The molecule has 3 rings (SSSR count). The number of halogens is 1. The number of rotatable bonds is 4. The van der Waals surface area contributed by atoms with E-state index in [0.717, 1.165) is 29.2 Å². The highest BCUT2D eigenvalue weighted by Gasteiger charge is 2.10. The minimum Gasteiger partial charge on any atom is -0.318 e. The number of aromatic nitrogens is 4. The molecule has 0 saturated heterocycles. The number of H-pyrrole nitrogens is 1. The summed E-state index contributed by atoms with van der Waals surface area (Å²) in [6.45, 7) is 6.23. The molecule has 2 heterocycles. The van der Waals surface area contributed by atoms with Gasteiger partial charge in [-0.1, -0.05) is 6.92 Å². The molecule has 7 heteroatoms. The van der Waals surface area contributed by atoms with E-state index in [1.807, 2.05) is 13.1 Å². The summed E-state index contributed by atoms with van der Waals surface area (Å²) in [5, 5.41) is 11.5. The van der Waals surface area contributed by atoms with Gasteiger partial charge in [-0.05, 0) is 79.0 Å². The first-order valence-corrected chi connectivity index (χ1v) is 9.15. The average Bonchev–Trinajstić information content (AvgIpc) is 3.06. The van der Waals surface area contributed by atoms with Gasteiger partial charge in [0.25, 0.3) is 0 Å². The van der Waals surface area contributed by atoms with Gasteiger partial charge in [-0.3, -0.25) is 5.10 Å². The molecule has 0 amide bonds. The summed E-state index contributed by atoms with van der Waals surface area (Å²) in [5.41, 5.74) is 4.53. The summed E-state index contributed by atoms with van der Waals surface area (Å²) in [7, 11) is 0. The normalized spacial score (nSPS) is 11.5. The van der Waals surface area contributed by atoms with Crippen molar-refractivity contribution in [3.63, 3.8) is 0 Å². The van der Waals surface area contributed by atoms with Gasteiger partial charge in [-0.2, -0.15) is 14.9 Å². The van der Waals surface area contributed by atoms with Gasteiger partial charge in [0.05, 0.1) is 6.21 Å². The molecule has 0 spiro atoms. The number of hydrogen-bond acceptors (Lipinski definition) is 3. The molecule has 2 aromatic heterocycles. The topological polar surface area (TPSA) is 50.9 Å². The Balaban J connectivity index is 2.00. The van der Waals surface area contributed by atoms with Crippen LogP contribution in [0.4, 0.5) is 0 Å². The maximum atomic E-state index is 5.23. The third-order valence-electron chi connectivity index (χ3n) is 3.90. The number of aromatic amines is 1. The monoisotopic (exact) mass is 451 g/mol. The van der Waals surface area contributed by atoms with Crippen molar-refractivity contribution >= 4 is 41.0 Å². The van der Waals surface area contributed by atoms with Crippen molar-refractivity contribution in [2.75, 3.05) is 0 Å². The third-order valence-corrected chi connectivity index (χ3v) is 4.88. The Morgan fingerprint density at radius 3 is 2.67 bits per heavy atom. The predicted molar refractivity (Wildman–Crippen MR) is 108 cm³/mol. The molecule has 0 atom stereocenters. The Hall–Kier alpha value is -1.74. The minimum absolute atomic E-state index is 0.509. The van der Waals surface area contributed by atoms with Crippen LogP contribution in [0.25, 0.3) is 5.69 Å². The van der Waals surface area contributed by atoms with Crippen molar-refractivity contribution < 1.29 is 0 Å². The van der Waals surface area contributed by atoms with Gasteiger partial charge in [0.15, 0.2) is 5.82 Å². The van der Waals surface area contributed by atoms with Crippen molar-refractivity contribution in [3.8, 4) is 5.69 Å². The lowest BCUT2D eigenvalue weighted by Crippen LogP contribution is -2.00. The fraction of sp³-hybridized carbons (Fsp3) is 0.235. The van der Waals surface area contributed by atoms with Crippen LogP contribution in [0.2, 0.25) is 0 Å². The van der Waals surface area contributed by atoms with E-state index >= 15 is 0 Å². The van der Waals surface area contributed by atoms with E-state index in [1.165, 1.54) is 9.26 Å². The summed E-state index contributed by atoms with van der Waals surface area (Å²) in [5.74, 6) is 0.822. The first-order chi connectivity index (χ1) is 11.5.